The molecule has 0 atom stereocenters. The molecule has 2 N–H and O–H groups in total. The molecule has 2 rings (SSSR count). The number of rotatable bonds is 5. The Labute approximate surface area is 132 Å². The predicted octanol–water partition coefficient (Wildman–Crippen LogP) is 2.01. The Hall–Kier alpha value is -2.42. The highest BCUT2D eigenvalue weighted by Crippen LogP contribution is 2.22. The summed E-state index contributed by atoms with van der Waals surface area (Å²) in [5, 5.41) is 5.78. The molecule has 23 heavy (non-hydrogen) atoms. The molecule has 0 bridgehead atoms. The quantitative estimate of drug-likeness (QED) is 0.810. The van der Waals surface area contributed by atoms with Crippen molar-refractivity contribution < 1.29 is 22.3 Å². The lowest BCUT2D eigenvalue weighted by Crippen LogP contribution is -2.18. The number of aryl methyl sites for hydroxylation is 2. The summed E-state index contributed by atoms with van der Waals surface area (Å²) in [5.41, 5.74) is 0.671. The molecule has 0 amide bonds. The third kappa shape index (κ3) is 3.34. The van der Waals surface area contributed by atoms with Crippen molar-refractivity contribution in [2.75, 3.05) is 11.8 Å². The monoisotopic (exact) mass is 341 g/mol. The van der Waals surface area contributed by atoms with Gasteiger partial charge in [-0.3, -0.25) is 9.82 Å². The van der Waals surface area contributed by atoms with Gasteiger partial charge in [-0.05, 0) is 37.1 Å². The first-order chi connectivity index (χ1) is 10.8. The second kappa shape index (κ2) is 6.37. The van der Waals surface area contributed by atoms with Gasteiger partial charge in [-0.2, -0.15) is 13.5 Å². The maximum Gasteiger partial charge on any atom is 0.342 e. The number of H-pyrrole nitrogens is 1. The number of anilines is 1. The van der Waals surface area contributed by atoms with Gasteiger partial charge in [0, 0.05) is 5.69 Å². The number of aromatic amines is 1. The van der Waals surface area contributed by atoms with E-state index in [4.69, 9.17) is 0 Å². The number of halogens is 1. The summed E-state index contributed by atoms with van der Waals surface area (Å²) < 4.78 is 45.1. The van der Waals surface area contributed by atoms with Crippen molar-refractivity contribution in [3.8, 4) is 0 Å². The summed E-state index contributed by atoms with van der Waals surface area (Å²) in [6.07, 6.45) is 0.378. The molecule has 0 saturated carbocycles. The first-order valence-electron chi connectivity index (χ1n) is 6.74. The fourth-order valence-electron chi connectivity index (χ4n) is 2.03. The molecule has 0 saturated heterocycles. The Balaban J connectivity index is 2.45. The summed E-state index contributed by atoms with van der Waals surface area (Å²) in [7, 11) is -2.98. The molecular formula is C14H16FN3O4S. The molecule has 0 radical (unpaired) electrons. The minimum absolute atomic E-state index is 0.138. The van der Waals surface area contributed by atoms with E-state index in [1.54, 1.807) is 6.92 Å². The third-order valence-corrected chi connectivity index (χ3v) is 4.52. The van der Waals surface area contributed by atoms with Crippen LogP contribution in [-0.2, 0) is 21.2 Å². The van der Waals surface area contributed by atoms with Crippen LogP contribution in [0, 0.1) is 12.7 Å². The number of aromatic nitrogens is 2. The Morgan fingerprint density at radius 2 is 2.13 bits per heavy atom. The number of nitrogens with one attached hydrogen (secondary N) is 2. The number of hydrogen-bond acceptors (Lipinski definition) is 5. The Morgan fingerprint density at radius 1 is 1.43 bits per heavy atom. The SMILES string of the molecule is CCc1[nH]nc(S(=O)(=O)Nc2ccc(F)c(C)c2)c1C(=O)OC. The van der Waals surface area contributed by atoms with Gasteiger partial charge in [0.25, 0.3) is 10.0 Å². The van der Waals surface area contributed by atoms with Crippen molar-refractivity contribution >= 4 is 21.7 Å². The molecule has 7 nitrogen and oxygen atoms in total. The topological polar surface area (TPSA) is 101 Å². The number of benzene rings is 1. The molecular weight excluding hydrogens is 325 g/mol. The van der Waals surface area contributed by atoms with E-state index in [1.165, 1.54) is 19.1 Å². The van der Waals surface area contributed by atoms with Crippen LogP contribution in [0.25, 0.3) is 0 Å². The van der Waals surface area contributed by atoms with Crippen LogP contribution in [0.2, 0.25) is 0 Å². The first-order valence-corrected chi connectivity index (χ1v) is 8.23. The average Bonchev–Trinajstić information content (AvgIpc) is 2.94. The van der Waals surface area contributed by atoms with Crippen LogP contribution >= 0.6 is 0 Å². The van der Waals surface area contributed by atoms with Crippen molar-refractivity contribution in [2.24, 2.45) is 0 Å². The van der Waals surface area contributed by atoms with E-state index in [0.29, 0.717) is 12.1 Å². The molecule has 0 aliphatic rings. The zero-order valence-electron chi connectivity index (χ0n) is 12.8. The third-order valence-electron chi connectivity index (χ3n) is 3.22. The number of esters is 1. The lowest BCUT2D eigenvalue weighted by molar-refractivity contribution is 0.0595. The van der Waals surface area contributed by atoms with Crippen LogP contribution in [-0.4, -0.2) is 31.7 Å². The van der Waals surface area contributed by atoms with E-state index in [2.05, 4.69) is 19.7 Å². The number of hydrogen-bond donors (Lipinski definition) is 2. The maximum absolute atomic E-state index is 13.3. The van der Waals surface area contributed by atoms with Crippen LogP contribution in [0.1, 0.15) is 28.5 Å². The highest BCUT2D eigenvalue weighted by Gasteiger charge is 2.29. The smallest absolute Gasteiger partial charge is 0.342 e. The Morgan fingerprint density at radius 3 is 2.70 bits per heavy atom. The zero-order chi connectivity index (χ0) is 17.2. The van der Waals surface area contributed by atoms with Crippen LogP contribution in [0.4, 0.5) is 10.1 Å². The Kier molecular flexibility index (Phi) is 4.69. The molecule has 9 heteroatoms. The standard InChI is InChI=1S/C14H16FN3O4S/c1-4-11-12(14(19)22-3)13(17-16-11)23(20,21)18-9-5-6-10(15)8(2)7-9/h5-7,18H,4H2,1-3H3,(H,16,17). The second-order valence-electron chi connectivity index (χ2n) is 4.80. The molecule has 0 unspecified atom stereocenters. The maximum atomic E-state index is 13.3. The summed E-state index contributed by atoms with van der Waals surface area (Å²) in [5.74, 6) is -1.25. The largest absolute Gasteiger partial charge is 0.465 e. The highest BCUT2D eigenvalue weighted by atomic mass is 32.2. The highest BCUT2D eigenvalue weighted by molar-refractivity contribution is 7.92. The minimum atomic E-state index is -4.13. The molecule has 124 valence electrons. The van der Waals surface area contributed by atoms with Gasteiger partial charge in [-0.1, -0.05) is 6.92 Å². The van der Waals surface area contributed by atoms with Gasteiger partial charge in [-0.25, -0.2) is 9.18 Å². The number of sulfonamides is 1. The molecule has 0 aliphatic heterocycles. The lowest BCUT2D eigenvalue weighted by atomic mass is 10.2. The van der Waals surface area contributed by atoms with Gasteiger partial charge in [0.2, 0.25) is 5.03 Å². The van der Waals surface area contributed by atoms with Crippen LogP contribution in [0.15, 0.2) is 23.2 Å². The van der Waals surface area contributed by atoms with Crippen molar-refractivity contribution in [2.45, 2.75) is 25.3 Å². The second-order valence-corrected chi connectivity index (χ2v) is 6.39. The first kappa shape index (κ1) is 16.9. The summed E-state index contributed by atoms with van der Waals surface area (Å²) >= 11 is 0. The molecule has 1 heterocycles. The van der Waals surface area contributed by atoms with Gasteiger partial charge in [0.15, 0.2) is 0 Å². The van der Waals surface area contributed by atoms with E-state index in [0.717, 1.165) is 13.2 Å². The normalized spacial score (nSPS) is 11.3. The van der Waals surface area contributed by atoms with Crippen LogP contribution in [0.3, 0.4) is 0 Å². The molecule has 0 spiro atoms. The van der Waals surface area contributed by atoms with Crippen LogP contribution < -0.4 is 4.72 Å². The Bertz CT molecular complexity index is 846. The summed E-state index contributed by atoms with van der Waals surface area (Å²) in [4.78, 5) is 11.8. The van der Waals surface area contributed by atoms with Gasteiger partial charge in [0.05, 0.1) is 12.8 Å². The molecule has 0 aliphatic carbocycles. The molecule has 1 aromatic heterocycles. The van der Waals surface area contributed by atoms with E-state index in [-0.39, 0.29) is 16.8 Å². The van der Waals surface area contributed by atoms with E-state index in [9.17, 15) is 17.6 Å². The minimum Gasteiger partial charge on any atom is -0.465 e. The predicted molar refractivity (Wildman–Crippen MR) is 81.3 cm³/mol. The van der Waals surface area contributed by atoms with E-state index in [1.807, 2.05) is 0 Å². The van der Waals surface area contributed by atoms with Gasteiger partial charge >= 0.3 is 5.97 Å². The summed E-state index contributed by atoms with van der Waals surface area (Å²) in [6, 6.07) is 3.78. The number of nitrogens with zero attached hydrogens (tertiary/aromatic N) is 1. The van der Waals surface area contributed by atoms with Gasteiger partial charge in [0.1, 0.15) is 11.4 Å². The molecule has 2 aromatic rings. The van der Waals surface area contributed by atoms with Crippen molar-refractivity contribution in [3.63, 3.8) is 0 Å². The van der Waals surface area contributed by atoms with E-state index < -0.39 is 26.8 Å². The number of ether oxygens (including phenoxy) is 1. The van der Waals surface area contributed by atoms with Gasteiger partial charge in [-0.15, -0.1) is 0 Å². The van der Waals surface area contributed by atoms with Gasteiger partial charge < -0.3 is 4.74 Å². The zero-order valence-corrected chi connectivity index (χ0v) is 13.6. The molecule has 1 aromatic carbocycles. The number of carbonyl (C=O) groups excluding carboxylic acids is 1. The van der Waals surface area contributed by atoms with Crippen molar-refractivity contribution in [1.82, 2.24) is 10.2 Å². The van der Waals surface area contributed by atoms with Crippen LogP contribution in [0.5, 0.6) is 0 Å². The van der Waals surface area contributed by atoms with E-state index >= 15 is 0 Å². The van der Waals surface area contributed by atoms with Crippen molar-refractivity contribution in [1.29, 1.82) is 0 Å². The fourth-order valence-corrected chi connectivity index (χ4v) is 3.21. The number of methoxy groups -OCH3 is 1. The summed E-state index contributed by atoms with van der Waals surface area (Å²) in [6.45, 7) is 3.25. The lowest BCUT2D eigenvalue weighted by Gasteiger charge is -2.08. The fraction of sp³-hybridized carbons (Fsp3) is 0.286. The van der Waals surface area contributed by atoms with Crippen molar-refractivity contribution in [3.05, 3.63) is 40.8 Å². The number of carbonyl (C=O) groups is 1. The average molecular weight is 341 g/mol. The molecule has 0 fully saturated rings.